The maximum atomic E-state index is 14.0. The van der Waals surface area contributed by atoms with Crippen molar-refractivity contribution >= 4 is 25.1 Å². The molecule has 5 N–H and O–H groups in total. The second kappa shape index (κ2) is 13.0. The number of anilines is 1. The van der Waals surface area contributed by atoms with E-state index in [9.17, 15) is 24.8 Å². The van der Waals surface area contributed by atoms with Crippen molar-refractivity contribution in [3.05, 3.63) is 54.5 Å². The number of ether oxygens (including phenoxy) is 2. The Morgan fingerprint density at radius 3 is 2.72 bits per heavy atom. The van der Waals surface area contributed by atoms with Crippen LogP contribution in [-0.4, -0.2) is 67.8 Å². The summed E-state index contributed by atoms with van der Waals surface area (Å²) in [5.41, 5.74) is 4.46. The molecule has 0 unspecified atom stereocenters. The number of rotatable bonds is 11. The molecule has 0 amide bonds. The number of hydrogen-bond donors (Lipinski definition) is 4. The second-order valence-corrected chi connectivity index (χ2v) is 12.5. The SMILES string of the molecule is C[C@H](N[P@](=O)(OC[C@@]1(C#N)O[C@@H](c2ccc3c(N)ncnn23)[C@H](O)[C@@H]1O)Oc1ccccc1)C(=O)OCC1CCCCC1. The molecule has 3 heterocycles. The van der Waals surface area contributed by atoms with Gasteiger partial charge in [0, 0.05) is 0 Å². The summed E-state index contributed by atoms with van der Waals surface area (Å²) in [6, 6.07) is 12.0. The van der Waals surface area contributed by atoms with Gasteiger partial charge in [0.25, 0.3) is 0 Å². The van der Waals surface area contributed by atoms with Gasteiger partial charge in [0.15, 0.2) is 5.82 Å². The van der Waals surface area contributed by atoms with Crippen LogP contribution in [0.3, 0.4) is 0 Å². The highest BCUT2D eigenvalue weighted by atomic mass is 31.2. The van der Waals surface area contributed by atoms with E-state index in [1.165, 1.54) is 36.3 Å². The molecule has 1 aliphatic heterocycles. The van der Waals surface area contributed by atoms with Crippen LogP contribution in [0.5, 0.6) is 5.75 Å². The van der Waals surface area contributed by atoms with E-state index in [4.69, 9.17) is 24.3 Å². The summed E-state index contributed by atoms with van der Waals surface area (Å²) in [5, 5.41) is 38.7. The summed E-state index contributed by atoms with van der Waals surface area (Å²) >= 11 is 0. The molecule has 14 nitrogen and oxygen atoms in total. The van der Waals surface area contributed by atoms with Crippen LogP contribution < -0.4 is 15.3 Å². The van der Waals surface area contributed by atoms with Gasteiger partial charge in [0.2, 0.25) is 5.60 Å². The molecule has 43 heavy (non-hydrogen) atoms. The van der Waals surface area contributed by atoms with E-state index in [1.807, 2.05) is 6.07 Å². The third-order valence-corrected chi connectivity index (χ3v) is 9.37. The van der Waals surface area contributed by atoms with Crippen LogP contribution in [0.1, 0.15) is 50.8 Å². The number of carbonyl (C=O) groups excluding carboxylic acids is 1. The zero-order valence-corrected chi connectivity index (χ0v) is 24.5. The molecular weight excluding hydrogens is 579 g/mol. The van der Waals surface area contributed by atoms with E-state index in [2.05, 4.69) is 15.2 Å². The number of carbonyl (C=O) groups is 1. The molecule has 1 aliphatic carbocycles. The minimum Gasteiger partial charge on any atom is -0.464 e. The van der Waals surface area contributed by atoms with E-state index in [0.29, 0.717) is 11.2 Å². The van der Waals surface area contributed by atoms with Crippen molar-refractivity contribution < 1.29 is 38.1 Å². The van der Waals surface area contributed by atoms with Gasteiger partial charge in [-0.25, -0.2) is 14.1 Å². The molecule has 0 radical (unpaired) electrons. The minimum atomic E-state index is -4.40. The molecule has 230 valence electrons. The van der Waals surface area contributed by atoms with Crippen LogP contribution in [0.25, 0.3) is 5.52 Å². The fourth-order valence-corrected chi connectivity index (χ4v) is 6.86. The lowest BCUT2D eigenvalue weighted by atomic mass is 9.90. The van der Waals surface area contributed by atoms with Crippen molar-refractivity contribution in [3.63, 3.8) is 0 Å². The molecule has 1 aromatic carbocycles. The standard InChI is InChI=1S/C28H35N6O8P/c1-18(27(37)39-14-19-8-4-2-5-9-19)33-43(38,42-20-10-6-3-7-11-20)40-16-28(15-29)25(36)23(35)24(41-28)21-12-13-22-26(30)31-17-32-34(21)22/h3,6-7,10-13,17-19,23-25,35-36H,2,4-5,8-9,14,16H2,1H3,(H,33,38)(H2,30,31,32)/t18-,23-,24-,25-,28+,43-/m0/s1. The van der Waals surface area contributed by atoms with Crippen molar-refractivity contribution in [2.24, 2.45) is 5.92 Å². The van der Waals surface area contributed by atoms with E-state index < -0.39 is 50.3 Å². The topological polar surface area (TPSA) is 204 Å². The molecule has 2 fully saturated rings. The first-order valence-corrected chi connectivity index (χ1v) is 15.7. The molecule has 6 atom stereocenters. The van der Waals surface area contributed by atoms with Gasteiger partial charge in [-0.2, -0.15) is 15.4 Å². The number of aliphatic hydroxyl groups excluding tert-OH is 2. The van der Waals surface area contributed by atoms with Crippen molar-refractivity contribution in [1.29, 1.82) is 5.26 Å². The Morgan fingerprint density at radius 2 is 2.00 bits per heavy atom. The van der Waals surface area contributed by atoms with Crippen LogP contribution in [0, 0.1) is 17.2 Å². The Balaban J connectivity index is 1.33. The summed E-state index contributed by atoms with van der Waals surface area (Å²) in [7, 11) is -4.40. The number of benzene rings is 1. The summed E-state index contributed by atoms with van der Waals surface area (Å²) < 4.78 is 38.1. The Kier molecular flexibility index (Phi) is 9.31. The van der Waals surface area contributed by atoms with E-state index in [1.54, 1.807) is 30.3 Å². The maximum absolute atomic E-state index is 14.0. The number of hydrogen-bond acceptors (Lipinski definition) is 12. The van der Waals surface area contributed by atoms with Crippen LogP contribution >= 0.6 is 7.75 Å². The normalized spacial score (nSPS) is 26.4. The number of esters is 1. The molecule has 2 aliphatic rings. The Labute approximate surface area is 248 Å². The predicted octanol–water partition coefficient (Wildman–Crippen LogP) is 2.67. The zero-order chi connectivity index (χ0) is 30.6. The number of aliphatic hydroxyl groups is 2. The highest BCUT2D eigenvalue weighted by Gasteiger charge is 2.57. The van der Waals surface area contributed by atoms with Gasteiger partial charge < -0.3 is 29.9 Å². The number of nitrogen functional groups attached to an aromatic ring is 1. The van der Waals surface area contributed by atoms with Crippen LogP contribution in [0.2, 0.25) is 0 Å². The van der Waals surface area contributed by atoms with Gasteiger partial charge in [-0.05, 0) is 49.9 Å². The van der Waals surface area contributed by atoms with Crippen LogP contribution in [-0.2, 0) is 23.4 Å². The highest BCUT2D eigenvalue weighted by molar-refractivity contribution is 7.52. The average Bonchev–Trinajstić information content (AvgIpc) is 3.55. The molecule has 2 aromatic heterocycles. The zero-order valence-electron chi connectivity index (χ0n) is 23.6. The van der Waals surface area contributed by atoms with Crippen LogP contribution in [0.15, 0.2) is 48.8 Å². The molecular formula is C28H35N6O8P. The number of nitrogens with zero attached hydrogens (tertiary/aromatic N) is 4. The number of para-hydroxylation sites is 1. The van der Waals surface area contributed by atoms with Crippen LogP contribution in [0.4, 0.5) is 5.82 Å². The fraction of sp³-hybridized carbons (Fsp3) is 0.500. The summed E-state index contributed by atoms with van der Waals surface area (Å²) in [6.45, 7) is 0.927. The van der Waals surface area contributed by atoms with Crippen molar-refractivity contribution in [2.45, 2.75) is 69.0 Å². The first-order chi connectivity index (χ1) is 20.6. The number of fused-ring (bicyclic) bond motifs is 1. The Hall–Kier alpha value is -3.57. The van der Waals surface area contributed by atoms with E-state index in [0.717, 1.165) is 25.7 Å². The number of aromatic nitrogens is 3. The van der Waals surface area contributed by atoms with Gasteiger partial charge in [-0.3, -0.25) is 9.32 Å². The average molecular weight is 615 g/mol. The van der Waals surface area contributed by atoms with Crippen molar-refractivity contribution in [1.82, 2.24) is 19.7 Å². The van der Waals surface area contributed by atoms with Crippen molar-refractivity contribution in [2.75, 3.05) is 18.9 Å². The van der Waals surface area contributed by atoms with Gasteiger partial charge in [-0.15, -0.1) is 0 Å². The summed E-state index contributed by atoms with van der Waals surface area (Å²) in [6.07, 6.45) is 1.94. The molecule has 0 spiro atoms. The maximum Gasteiger partial charge on any atom is 0.459 e. The fourth-order valence-electron chi connectivity index (χ4n) is 5.34. The van der Waals surface area contributed by atoms with Gasteiger partial charge in [-0.1, -0.05) is 37.5 Å². The number of nitriles is 1. The number of nitrogens with two attached hydrogens (primary N) is 1. The quantitative estimate of drug-likeness (QED) is 0.181. The molecule has 5 rings (SSSR count). The molecule has 3 aromatic rings. The lowest BCUT2D eigenvalue weighted by Gasteiger charge is -2.28. The summed E-state index contributed by atoms with van der Waals surface area (Å²) in [4.78, 5) is 16.7. The minimum absolute atomic E-state index is 0.162. The third-order valence-electron chi connectivity index (χ3n) is 7.75. The second-order valence-electron chi connectivity index (χ2n) is 10.8. The molecule has 15 heteroatoms. The lowest BCUT2D eigenvalue weighted by molar-refractivity contribution is -0.147. The van der Waals surface area contributed by atoms with E-state index in [-0.39, 0.29) is 24.1 Å². The van der Waals surface area contributed by atoms with Gasteiger partial charge in [0.1, 0.15) is 54.6 Å². The van der Waals surface area contributed by atoms with Gasteiger partial charge in [0.05, 0.1) is 12.3 Å². The Bertz CT molecular complexity index is 1510. The monoisotopic (exact) mass is 614 g/mol. The van der Waals surface area contributed by atoms with E-state index >= 15 is 0 Å². The van der Waals surface area contributed by atoms with Crippen molar-refractivity contribution in [3.8, 4) is 11.8 Å². The largest absolute Gasteiger partial charge is 0.464 e. The Morgan fingerprint density at radius 1 is 1.26 bits per heavy atom. The first-order valence-electron chi connectivity index (χ1n) is 14.1. The number of nitrogens with one attached hydrogen (secondary N) is 1. The third kappa shape index (κ3) is 6.67. The smallest absolute Gasteiger partial charge is 0.459 e. The highest BCUT2D eigenvalue weighted by Crippen LogP contribution is 2.48. The lowest BCUT2D eigenvalue weighted by Crippen LogP contribution is -2.46. The predicted molar refractivity (Wildman–Crippen MR) is 152 cm³/mol. The molecule has 1 saturated heterocycles. The summed E-state index contributed by atoms with van der Waals surface area (Å²) in [5.74, 6) is -0.0180. The van der Waals surface area contributed by atoms with Gasteiger partial charge >= 0.3 is 13.7 Å². The first kappa shape index (κ1) is 30.9. The molecule has 0 bridgehead atoms. The molecule has 1 saturated carbocycles.